The number of H-pyrrole nitrogens is 1. The van der Waals surface area contributed by atoms with Crippen LogP contribution in [-0.4, -0.2) is 34.8 Å². The number of carbonyl (C=O) groups is 2. The zero-order valence-corrected chi connectivity index (χ0v) is 17.8. The lowest BCUT2D eigenvalue weighted by molar-refractivity contribution is -0.122. The van der Waals surface area contributed by atoms with E-state index in [1.807, 2.05) is 66.4 Å². The second-order valence-electron chi connectivity index (χ2n) is 8.05. The number of nitrogens with one attached hydrogen (secondary N) is 2. The molecule has 1 saturated heterocycles. The van der Waals surface area contributed by atoms with Crippen molar-refractivity contribution < 1.29 is 9.59 Å². The molecule has 3 aromatic rings. The third-order valence-corrected chi connectivity index (χ3v) is 6.10. The van der Waals surface area contributed by atoms with E-state index in [0.29, 0.717) is 36.1 Å². The number of halogens is 1. The fraction of sp³-hybridized carbons (Fsp3) is 0.333. The zero-order chi connectivity index (χ0) is 21.1. The number of hydrogen-bond acceptors (Lipinski definition) is 2. The van der Waals surface area contributed by atoms with E-state index in [1.165, 1.54) is 0 Å². The molecule has 0 bridgehead atoms. The van der Waals surface area contributed by atoms with Crippen LogP contribution in [0.4, 0.5) is 0 Å². The third kappa shape index (κ3) is 4.68. The first-order valence-corrected chi connectivity index (χ1v) is 10.8. The van der Waals surface area contributed by atoms with Gasteiger partial charge in [-0.05, 0) is 55.5 Å². The number of nitrogens with zero attached hydrogens (tertiary/aromatic N) is 1. The molecule has 4 rings (SSSR count). The molecule has 0 saturated carbocycles. The highest BCUT2D eigenvalue weighted by atomic mass is 35.5. The molecule has 156 valence electrons. The second kappa shape index (κ2) is 8.92. The van der Waals surface area contributed by atoms with E-state index in [-0.39, 0.29) is 17.9 Å². The minimum atomic E-state index is -0.00381. The van der Waals surface area contributed by atoms with E-state index in [0.717, 1.165) is 29.3 Å². The maximum atomic E-state index is 12.9. The largest absolute Gasteiger partial charge is 0.351 e. The van der Waals surface area contributed by atoms with Gasteiger partial charge in [0.1, 0.15) is 5.69 Å². The molecule has 1 aliphatic rings. The third-order valence-electron chi connectivity index (χ3n) is 5.87. The number of aromatic amines is 1. The van der Waals surface area contributed by atoms with Crippen LogP contribution >= 0.6 is 11.6 Å². The predicted molar refractivity (Wildman–Crippen MR) is 120 cm³/mol. The lowest BCUT2D eigenvalue weighted by Crippen LogP contribution is -2.40. The molecule has 5 nitrogen and oxygen atoms in total. The molecule has 6 heteroatoms. The number of carbonyl (C=O) groups excluding carboxylic acids is 2. The number of piperidine rings is 1. The summed E-state index contributed by atoms with van der Waals surface area (Å²) in [5, 5.41) is 4.68. The zero-order valence-electron chi connectivity index (χ0n) is 17.0. The summed E-state index contributed by atoms with van der Waals surface area (Å²) in [4.78, 5) is 30.4. The lowest BCUT2D eigenvalue weighted by atomic mass is 9.92. The van der Waals surface area contributed by atoms with Gasteiger partial charge in [-0.3, -0.25) is 9.59 Å². The lowest BCUT2D eigenvalue weighted by Gasteiger charge is -2.31. The summed E-state index contributed by atoms with van der Waals surface area (Å²) in [6.07, 6.45) is 2.18. The summed E-state index contributed by atoms with van der Waals surface area (Å²) in [6.45, 7) is 3.34. The van der Waals surface area contributed by atoms with Crippen LogP contribution in [0.2, 0.25) is 5.02 Å². The quantitative estimate of drug-likeness (QED) is 0.610. The van der Waals surface area contributed by atoms with Gasteiger partial charge in [0.25, 0.3) is 5.91 Å². The minimum absolute atomic E-state index is 0.00271. The molecule has 0 aliphatic carbocycles. The average molecular weight is 424 g/mol. The summed E-state index contributed by atoms with van der Waals surface area (Å²) in [7, 11) is 0. The first-order chi connectivity index (χ1) is 14.5. The Hall–Kier alpha value is -2.79. The van der Waals surface area contributed by atoms with Gasteiger partial charge in [-0.15, -0.1) is 0 Å². The van der Waals surface area contributed by atoms with Crippen LogP contribution in [0.15, 0.2) is 54.6 Å². The number of fused-ring (bicyclic) bond motifs is 1. The van der Waals surface area contributed by atoms with Crippen LogP contribution in [0.3, 0.4) is 0 Å². The Balaban J connectivity index is 1.28. The van der Waals surface area contributed by atoms with Gasteiger partial charge in [0.15, 0.2) is 0 Å². The van der Waals surface area contributed by atoms with Gasteiger partial charge in [0.05, 0.1) is 6.04 Å². The van der Waals surface area contributed by atoms with Crippen molar-refractivity contribution in [3.05, 3.63) is 70.9 Å². The summed E-state index contributed by atoms with van der Waals surface area (Å²) >= 11 is 6.04. The summed E-state index contributed by atoms with van der Waals surface area (Å²) in [5.74, 6) is 0.380. The number of aromatic nitrogens is 1. The van der Waals surface area contributed by atoms with Gasteiger partial charge in [0.2, 0.25) is 5.91 Å². The summed E-state index contributed by atoms with van der Waals surface area (Å²) in [6, 6.07) is 17.4. The predicted octanol–water partition coefficient (Wildman–Crippen LogP) is 4.94. The topological polar surface area (TPSA) is 65.2 Å². The smallest absolute Gasteiger partial charge is 0.270 e. The summed E-state index contributed by atoms with van der Waals surface area (Å²) < 4.78 is 0. The molecule has 2 N–H and O–H groups in total. The van der Waals surface area contributed by atoms with Crippen molar-refractivity contribution in [1.29, 1.82) is 0 Å². The molecule has 0 spiro atoms. The van der Waals surface area contributed by atoms with E-state index in [9.17, 15) is 9.59 Å². The van der Waals surface area contributed by atoms with Crippen molar-refractivity contribution in [2.45, 2.75) is 32.2 Å². The van der Waals surface area contributed by atoms with Crippen molar-refractivity contribution in [3.63, 3.8) is 0 Å². The molecule has 30 heavy (non-hydrogen) atoms. The molecule has 0 radical (unpaired) electrons. The van der Waals surface area contributed by atoms with Gasteiger partial charge in [-0.2, -0.15) is 0 Å². The highest BCUT2D eigenvalue weighted by Gasteiger charge is 2.26. The van der Waals surface area contributed by atoms with Crippen molar-refractivity contribution >= 4 is 34.3 Å². The van der Waals surface area contributed by atoms with Crippen molar-refractivity contribution in [1.82, 2.24) is 15.2 Å². The standard InChI is InChI=1S/C24H26ClN3O2/c1-16(18-5-3-2-4-6-18)26-23(29)13-17-9-11-28(12-10-17)24(30)22-15-19-14-20(25)7-8-21(19)27-22/h2-8,14-17,27H,9-13H2,1H3,(H,26,29). The van der Waals surface area contributed by atoms with Gasteiger partial charge in [-0.1, -0.05) is 41.9 Å². The van der Waals surface area contributed by atoms with Crippen molar-refractivity contribution in [2.75, 3.05) is 13.1 Å². The number of rotatable bonds is 5. The molecule has 2 amide bonds. The Morgan fingerprint density at radius 1 is 1.13 bits per heavy atom. The fourth-order valence-electron chi connectivity index (χ4n) is 4.12. The molecule has 1 atom stereocenters. The van der Waals surface area contributed by atoms with Crippen LogP contribution in [0, 0.1) is 5.92 Å². The SMILES string of the molecule is CC(NC(=O)CC1CCN(C(=O)c2cc3cc(Cl)ccc3[nH]2)CC1)c1ccccc1. The fourth-order valence-corrected chi connectivity index (χ4v) is 4.30. The Morgan fingerprint density at radius 2 is 1.87 bits per heavy atom. The van der Waals surface area contributed by atoms with Crippen LogP contribution < -0.4 is 5.32 Å². The van der Waals surface area contributed by atoms with Crippen LogP contribution in [0.25, 0.3) is 10.9 Å². The molecule has 1 aromatic heterocycles. The van der Waals surface area contributed by atoms with E-state index in [1.54, 1.807) is 0 Å². The maximum absolute atomic E-state index is 12.9. The molecule has 2 heterocycles. The minimum Gasteiger partial charge on any atom is -0.351 e. The van der Waals surface area contributed by atoms with Crippen molar-refractivity contribution in [2.24, 2.45) is 5.92 Å². The molecule has 1 unspecified atom stereocenters. The van der Waals surface area contributed by atoms with E-state index in [4.69, 9.17) is 11.6 Å². The van der Waals surface area contributed by atoms with Gasteiger partial charge in [0, 0.05) is 35.4 Å². The average Bonchev–Trinajstić information content (AvgIpc) is 3.17. The maximum Gasteiger partial charge on any atom is 0.270 e. The van der Waals surface area contributed by atoms with Gasteiger partial charge in [-0.25, -0.2) is 0 Å². The van der Waals surface area contributed by atoms with Gasteiger partial charge < -0.3 is 15.2 Å². The molecular weight excluding hydrogens is 398 g/mol. The molecule has 1 fully saturated rings. The van der Waals surface area contributed by atoms with E-state index in [2.05, 4.69) is 10.3 Å². The Morgan fingerprint density at radius 3 is 2.60 bits per heavy atom. The van der Waals surface area contributed by atoms with Crippen molar-refractivity contribution in [3.8, 4) is 0 Å². The van der Waals surface area contributed by atoms with Crippen LogP contribution in [-0.2, 0) is 4.79 Å². The normalized spacial score (nSPS) is 15.9. The number of hydrogen-bond donors (Lipinski definition) is 2. The van der Waals surface area contributed by atoms with E-state index >= 15 is 0 Å². The highest BCUT2D eigenvalue weighted by Crippen LogP contribution is 2.25. The molecule has 2 aromatic carbocycles. The van der Waals surface area contributed by atoms with Gasteiger partial charge >= 0.3 is 0 Å². The number of benzene rings is 2. The first kappa shape index (κ1) is 20.5. The summed E-state index contributed by atoms with van der Waals surface area (Å²) in [5.41, 5.74) is 2.59. The first-order valence-electron chi connectivity index (χ1n) is 10.4. The molecular formula is C24H26ClN3O2. The second-order valence-corrected chi connectivity index (χ2v) is 8.49. The Bertz CT molecular complexity index is 1040. The number of amides is 2. The monoisotopic (exact) mass is 423 g/mol. The van der Waals surface area contributed by atoms with E-state index < -0.39 is 0 Å². The Kier molecular flexibility index (Phi) is 6.09. The molecule has 1 aliphatic heterocycles. The van der Waals surface area contributed by atoms with Crippen LogP contribution in [0.5, 0.6) is 0 Å². The number of likely N-dealkylation sites (tertiary alicyclic amines) is 1. The highest BCUT2D eigenvalue weighted by molar-refractivity contribution is 6.31. The Labute approximate surface area is 181 Å². The van der Waals surface area contributed by atoms with Crippen LogP contribution in [0.1, 0.15) is 48.3 Å².